The van der Waals surface area contributed by atoms with E-state index in [4.69, 9.17) is 0 Å². The highest BCUT2D eigenvalue weighted by Gasteiger charge is 2.22. The van der Waals surface area contributed by atoms with Crippen molar-refractivity contribution < 1.29 is 4.79 Å². The molecule has 0 radical (unpaired) electrons. The Hall–Kier alpha value is -1.73. The Labute approximate surface area is 141 Å². The summed E-state index contributed by atoms with van der Waals surface area (Å²) in [5, 5.41) is 7.29. The molecule has 2 aromatic rings. The SMILES string of the molecule is Cc1c(C(=O)NC(C)(C)C)sc2ncnc(NCCN(C)C)c12. The summed E-state index contributed by atoms with van der Waals surface area (Å²) in [6.45, 7) is 9.58. The fourth-order valence-corrected chi connectivity index (χ4v) is 3.26. The van der Waals surface area contributed by atoms with Crippen LogP contribution in [0.15, 0.2) is 6.33 Å². The third-order valence-corrected chi connectivity index (χ3v) is 4.47. The molecule has 7 heteroatoms. The van der Waals surface area contributed by atoms with E-state index in [9.17, 15) is 4.79 Å². The topological polar surface area (TPSA) is 70.1 Å². The van der Waals surface area contributed by atoms with E-state index in [2.05, 4.69) is 25.5 Å². The molecule has 2 N–H and O–H groups in total. The molecule has 0 unspecified atom stereocenters. The van der Waals surface area contributed by atoms with Crippen molar-refractivity contribution in [3.8, 4) is 0 Å². The Balaban J connectivity index is 2.32. The highest BCUT2D eigenvalue weighted by Crippen LogP contribution is 2.33. The zero-order valence-electron chi connectivity index (χ0n) is 14.6. The summed E-state index contributed by atoms with van der Waals surface area (Å²) in [5.41, 5.74) is 0.665. The van der Waals surface area contributed by atoms with Gasteiger partial charge in [-0.05, 0) is 47.4 Å². The molecule has 0 spiro atoms. The number of anilines is 1. The molecule has 2 heterocycles. The summed E-state index contributed by atoms with van der Waals surface area (Å²) in [6, 6.07) is 0. The van der Waals surface area contributed by atoms with Gasteiger partial charge in [0.25, 0.3) is 5.91 Å². The van der Waals surface area contributed by atoms with Crippen LogP contribution in [0.4, 0.5) is 5.82 Å². The minimum Gasteiger partial charge on any atom is -0.368 e. The van der Waals surface area contributed by atoms with E-state index in [0.717, 1.165) is 34.7 Å². The number of carbonyl (C=O) groups excluding carboxylic acids is 1. The van der Waals surface area contributed by atoms with Crippen LogP contribution in [0.25, 0.3) is 10.2 Å². The standard InChI is InChI=1S/C16H25N5OS/c1-10-11-13(17-7-8-21(5)6)18-9-19-15(11)23-12(10)14(22)20-16(2,3)4/h9H,7-8H2,1-6H3,(H,20,22)(H,17,18,19). The number of thiophene rings is 1. The van der Waals surface area contributed by atoms with E-state index in [1.165, 1.54) is 11.3 Å². The molecule has 1 amide bonds. The van der Waals surface area contributed by atoms with E-state index >= 15 is 0 Å². The van der Waals surface area contributed by atoms with Gasteiger partial charge in [0.05, 0.1) is 10.3 Å². The predicted molar refractivity (Wildman–Crippen MR) is 96.4 cm³/mol. The number of fused-ring (bicyclic) bond motifs is 1. The summed E-state index contributed by atoms with van der Waals surface area (Å²) < 4.78 is 0. The van der Waals surface area contributed by atoms with Crippen LogP contribution in [0.3, 0.4) is 0 Å². The summed E-state index contributed by atoms with van der Waals surface area (Å²) in [4.78, 5) is 24.8. The average Bonchev–Trinajstić information content (AvgIpc) is 2.75. The van der Waals surface area contributed by atoms with Crippen LogP contribution in [0.2, 0.25) is 0 Å². The Morgan fingerprint density at radius 1 is 1.30 bits per heavy atom. The molecule has 0 bridgehead atoms. The normalized spacial score (nSPS) is 12.0. The number of amides is 1. The Morgan fingerprint density at radius 3 is 2.61 bits per heavy atom. The van der Waals surface area contributed by atoms with Gasteiger partial charge in [0.15, 0.2) is 0 Å². The van der Waals surface area contributed by atoms with E-state index in [-0.39, 0.29) is 11.4 Å². The number of likely N-dealkylation sites (N-methyl/N-ethyl adjacent to an activating group) is 1. The number of aromatic nitrogens is 2. The number of nitrogens with one attached hydrogen (secondary N) is 2. The minimum atomic E-state index is -0.266. The van der Waals surface area contributed by atoms with E-state index in [1.54, 1.807) is 6.33 Å². The van der Waals surface area contributed by atoms with Crippen molar-refractivity contribution in [2.45, 2.75) is 33.2 Å². The maximum Gasteiger partial charge on any atom is 0.262 e. The quantitative estimate of drug-likeness (QED) is 0.878. The Kier molecular flexibility index (Phi) is 5.21. The van der Waals surface area contributed by atoms with Gasteiger partial charge in [-0.15, -0.1) is 11.3 Å². The van der Waals surface area contributed by atoms with Gasteiger partial charge in [0.2, 0.25) is 0 Å². The fourth-order valence-electron chi connectivity index (χ4n) is 2.22. The van der Waals surface area contributed by atoms with Crippen LogP contribution in [0.5, 0.6) is 0 Å². The Morgan fingerprint density at radius 2 is 2.00 bits per heavy atom. The van der Waals surface area contributed by atoms with Crippen molar-refractivity contribution in [2.24, 2.45) is 0 Å². The van der Waals surface area contributed by atoms with Gasteiger partial charge in [-0.1, -0.05) is 0 Å². The third kappa shape index (κ3) is 4.39. The van der Waals surface area contributed by atoms with Gasteiger partial charge in [0, 0.05) is 18.6 Å². The molecule has 2 aromatic heterocycles. The lowest BCUT2D eigenvalue weighted by Crippen LogP contribution is -2.40. The van der Waals surface area contributed by atoms with E-state index in [0.29, 0.717) is 4.88 Å². The first-order valence-electron chi connectivity index (χ1n) is 7.64. The molecular weight excluding hydrogens is 310 g/mol. The number of hydrogen-bond acceptors (Lipinski definition) is 6. The predicted octanol–water partition coefficient (Wildman–Crippen LogP) is 2.50. The Bertz CT molecular complexity index is 702. The van der Waals surface area contributed by atoms with Crippen LogP contribution >= 0.6 is 11.3 Å². The number of hydrogen-bond donors (Lipinski definition) is 2. The first-order valence-corrected chi connectivity index (χ1v) is 8.46. The lowest BCUT2D eigenvalue weighted by Gasteiger charge is -2.20. The third-order valence-electron chi connectivity index (χ3n) is 3.27. The molecule has 0 aliphatic rings. The first-order chi connectivity index (χ1) is 10.7. The molecule has 6 nitrogen and oxygen atoms in total. The van der Waals surface area contributed by atoms with Crippen molar-refractivity contribution in [1.29, 1.82) is 0 Å². The van der Waals surface area contributed by atoms with Crippen LogP contribution < -0.4 is 10.6 Å². The summed E-state index contributed by atoms with van der Waals surface area (Å²) in [6.07, 6.45) is 1.54. The van der Waals surface area contributed by atoms with Crippen molar-refractivity contribution in [3.63, 3.8) is 0 Å². The average molecular weight is 335 g/mol. The zero-order valence-corrected chi connectivity index (χ0v) is 15.5. The molecule has 0 aromatic carbocycles. The fraction of sp³-hybridized carbons (Fsp3) is 0.562. The second-order valence-corrected chi connectivity index (χ2v) is 7.89. The lowest BCUT2D eigenvalue weighted by atomic mass is 10.1. The number of aryl methyl sites for hydroxylation is 1. The zero-order chi connectivity index (χ0) is 17.2. The van der Waals surface area contributed by atoms with Gasteiger partial charge in [0.1, 0.15) is 17.0 Å². The molecule has 0 atom stereocenters. The highest BCUT2D eigenvalue weighted by atomic mass is 32.1. The van der Waals surface area contributed by atoms with E-state index in [1.807, 2.05) is 41.8 Å². The maximum absolute atomic E-state index is 12.5. The second kappa shape index (κ2) is 6.80. The molecule has 0 aliphatic carbocycles. The first kappa shape index (κ1) is 17.6. The van der Waals surface area contributed by atoms with Crippen molar-refractivity contribution in [1.82, 2.24) is 20.2 Å². The smallest absolute Gasteiger partial charge is 0.262 e. The molecule has 0 aliphatic heterocycles. The highest BCUT2D eigenvalue weighted by molar-refractivity contribution is 7.20. The molecular formula is C16H25N5OS. The lowest BCUT2D eigenvalue weighted by molar-refractivity contribution is 0.0923. The molecule has 0 saturated carbocycles. The molecule has 23 heavy (non-hydrogen) atoms. The van der Waals surface area contributed by atoms with Crippen molar-refractivity contribution >= 4 is 33.3 Å². The van der Waals surface area contributed by atoms with Gasteiger partial charge in [-0.3, -0.25) is 4.79 Å². The summed E-state index contributed by atoms with van der Waals surface area (Å²) >= 11 is 1.41. The van der Waals surface area contributed by atoms with Gasteiger partial charge < -0.3 is 15.5 Å². The minimum absolute atomic E-state index is 0.0581. The largest absolute Gasteiger partial charge is 0.368 e. The second-order valence-electron chi connectivity index (χ2n) is 6.89. The van der Waals surface area contributed by atoms with Crippen LogP contribution in [-0.4, -0.2) is 53.5 Å². The molecule has 0 fully saturated rings. The summed E-state index contributed by atoms with van der Waals surface area (Å²) in [7, 11) is 4.06. The van der Waals surface area contributed by atoms with Gasteiger partial charge >= 0.3 is 0 Å². The van der Waals surface area contributed by atoms with Crippen LogP contribution in [0, 0.1) is 6.92 Å². The van der Waals surface area contributed by atoms with Crippen LogP contribution in [-0.2, 0) is 0 Å². The van der Waals surface area contributed by atoms with Gasteiger partial charge in [-0.2, -0.15) is 0 Å². The van der Waals surface area contributed by atoms with Crippen molar-refractivity contribution in [3.05, 3.63) is 16.8 Å². The molecule has 126 valence electrons. The van der Waals surface area contributed by atoms with Crippen LogP contribution in [0.1, 0.15) is 36.0 Å². The maximum atomic E-state index is 12.5. The van der Waals surface area contributed by atoms with Crippen molar-refractivity contribution in [2.75, 3.05) is 32.5 Å². The monoisotopic (exact) mass is 335 g/mol. The molecule has 0 saturated heterocycles. The number of rotatable bonds is 5. The number of nitrogens with zero attached hydrogens (tertiary/aromatic N) is 3. The number of carbonyl (C=O) groups is 1. The molecule has 2 rings (SSSR count). The van der Waals surface area contributed by atoms with E-state index < -0.39 is 0 Å². The summed E-state index contributed by atoms with van der Waals surface area (Å²) in [5.74, 6) is 0.734. The van der Waals surface area contributed by atoms with Gasteiger partial charge in [-0.25, -0.2) is 9.97 Å².